The first kappa shape index (κ1) is 37.1. The van der Waals surface area contributed by atoms with Gasteiger partial charge in [0.2, 0.25) is 0 Å². The zero-order chi connectivity index (χ0) is 41.1. The molecule has 2 nitrogen and oxygen atoms in total. The summed E-state index contributed by atoms with van der Waals surface area (Å²) in [5.74, 6) is 0.387. The molecule has 0 bridgehead atoms. The average molecular weight is 787 g/mol. The largest absolute Gasteiger partial charge is 0.328 e. The van der Waals surface area contributed by atoms with Gasteiger partial charge in [-0.15, -0.1) is 0 Å². The zero-order valence-corrected chi connectivity index (χ0v) is 37.4. The third-order valence-electron chi connectivity index (χ3n) is 14.1. The van der Waals surface area contributed by atoms with Gasteiger partial charge in [0.1, 0.15) is 0 Å². The van der Waals surface area contributed by atoms with Crippen molar-refractivity contribution in [2.45, 2.75) is 115 Å². The van der Waals surface area contributed by atoms with Crippen molar-refractivity contribution in [1.29, 1.82) is 0 Å². The van der Waals surface area contributed by atoms with Crippen LogP contribution in [0.1, 0.15) is 130 Å². The smallest absolute Gasteiger partial charge is 0.252 e. The highest BCUT2D eigenvalue weighted by atomic mass is 32.2. The predicted molar refractivity (Wildman–Crippen MR) is 254 cm³/mol. The van der Waals surface area contributed by atoms with E-state index in [2.05, 4.69) is 213 Å². The molecule has 6 aromatic rings. The molecule has 0 amide bonds. The van der Waals surface area contributed by atoms with E-state index >= 15 is 0 Å². The Morgan fingerprint density at radius 2 is 1.20 bits per heavy atom. The third-order valence-corrected chi connectivity index (χ3v) is 15.5. The first-order valence-electron chi connectivity index (χ1n) is 21.7. The van der Waals surface area contributed by atoms with Crippen LogP contribution in [0.25, 0.3) is 5.47 Å². The molecule has 0 spiro atoms. The summed E-state index contributed by atoms with van der Waals surface area (Å²) in [6.07, 6.45) is 0. The van der Waals surface area contributed by atoms with Crippen LogP contribution in [0, 0.1) is 13.8 Å². The maximum Gasteiger partial charge on any atom is 0.252 e. The van der Waals surface area contributed by atoms with E-state index in [9.17, 15) is 0 Å². The van der Waals surface area contributed by atoms with Gasteiger partial charge in [0, 0.05) is 45.2 Å². The van der Waals surface area contributed by atoms with Gasteiger partial charge >= 0.3 is 0 Å². The Morgan fingerprint density at radius 1 is 0.576 bits per heavy atom. The molecule has 4 aliphatic heterocycles. The Bertz CT molecular complexity index is 2810. The molecule has 0 aromatic heterocycles. The van der Waals surface area contributed by atoms with Crippen LogP contribution in [0.3, 0.4) is 0 Å². The van der Waals surface area contributed by atoms with Gasteiger partial charge in [-0.2, -0.15) is 0 Å². The Labute approximate surface area is 356 Å². The number of nitrogens with zero attached hydrogens (tertiary/aromatic N) is 2. The van der Waals surface area contributed by atoms with Crippen molar-refractivity contribution in [2.24, 2.45) is 0 Å². The van der Waals surface area contributed by atoms with Crippen LogP contribution in [0.2, 0.25) is 0 Å². The number of anilines is 4. The highest BCUT2D eigenvalue weighted by Gasteiger charge is 2.56. The Kier molecular flexibility index (Phi) is 7.75. The second-order valence-corrected chi connectivity index (χ2v) is 22.2. The highest BCUT2D eigenvalue weighted by molar-refractivity contribution is 8.00. The molecule has 5 aliphatic rings. The van der Waals surface area contributed by atoms with Crippen molar-refractivity contribution in [2.75, 3.05) is 9.80 Å². The quantitative estimate of drug-likeness (QED) is 0.161. The molecule has 4 heteroatoms. The van der Waals surface area contributed by atoms with E-state index in [1.165, 1.54) is 105 Å². The van der Waals surface area contributed by atoms with Crippen molar-refractivity contribution in [1.82, 2.24) is 0 Å². The highest BCUT2D eigenvalue weighted by Crippen LogP contribution is 2.62. The van der Waals surface area contributed by atoms with Crippen LogP contribution in [0.5, 0.6) is 0 Å². The molecule has 11 rings (SSSR count). The number of aryl methyl sites for hydroxylation is 2. The first-order chi connectivity index (χ1) is 28.0. The molecule has 0 N–H and O–H groups in total. The van der Waals surface area contributed by atoms with Gasteiger partial charge in [0.25, 0.3) is 6.71 Å². The number of hydrogen-bond donors (Lipinski definition) is 0. The van der Waals surface area contributed by atoms with Crippen molar-refractivity contribution in [3.05, 3.63) is 177 Å². The summed E-state index contributed by atoms with van der Waals surface area (Å²) in [6.45, 7) is 25.8. The summed E-state index contributed by atoms with van der Waals surface area (Å²) in [5, 5.41) is 0.267. The van der Waals surface area contributed by atoms with Gasteiger partial charge in [0.15, 0.2) is 0 Å². The van der Waals surface area contributed by atoms with Gasteiger partial charge < -0.3 is 9.80 Å². The van der Waals surface area contributed by atoms with Gasteiger partial charge in [0.05, 0.1) is 5.37 Å². The molecule has 3 atom stereocenters. The van der Waals surface area contributed by atoms with Crippen molar-refractivity contribution in [3.8, 4) is 0 Å². The van der Waals surface area contributed by atoms with Crippen LogP contribution >= 0.6 is 11.8 Å². The summed E-state index contributed by atoms with van der Waals surface area (Å²) >= 11 is 2.07. The van der Waals surface area contributed by atoms with E-state index in [4.69, 9.17) is 0 Å². The number of thioether (sulfide) groups is 1. The fourth-order valence-electron chi connectivity index (χ4n) is 11.1. The third kappa shape index (κ3) is 5.27. The van der Waals surface area contributed by atoms with Crippen molar-refractivity contribution >= 4 is 57.6 Å². The van der Waals surface area contributed by atoms with Crippen LogP contribution in [-0.4, -0.2) is 12.1 Å². The summed E-state index contributed by atoms with van der Waals surface area (Å²) in [5.41, 5.74) is 25.3. The summed E-state index contributed by atoms with van der Waals surface area (Å²) in [6, 6.07) is 45.8. The summed E-state index contributed by atoms with van der Waals surface area (Å²) < 4.78 is 0. The maximum absolute atomic E-state index is 2.78. The monoisotopic (exact) mass is 786 g/mol. The van der Waals surface area contributed by atoms with Crippen molar-refractivity contribution in [3.63, 3.8) is 0 Å². The maximum atomic E-state index is 2.78. The van der Waals surface area contributed by atoms with E-state index < -0.39 is 0 Å². The number of hydrogen-bond acceptors (Lipinski definition) is 3. The molecule has 4 heterocycles. The Hall–Kier alpha value is -4.93. The van der Waals surface area contributed by atoms with E-state index in [1.54, 1.807) is 0 Å². The number of rotatable bonds is 2. The number of fused-ring (bicyclic) bond motifs is 10. The van der Waals surface area contributed by atoms with E-state index in [-0.39, 0.29) is 34.2 Å². The van der Waals surface area contributed by atoms with E-state index in [0.29, 0.717) is 5.92 Å². The molecule has 6 aromatic carbocycles. The van der Waals surface area contributed by atoms with Gasteiger partial charge in [-0.3, -0.25) is 0 Å². The number of para-hydroxylation sites is 1. The molecular weight excluding hydrogens is 731 g/mol. The lowest BCUT2D eigenvalue weighted by Crippen LogP contribution is -2.56. The minimum Gasteiger partial charge on any atom is -0.328 e. The van der Waals surface area contributed by atoms with Gasteiger partial charge in [-0.05, 0) is 132 Å². The number of benzene rings is 6. The standard InChI is InChI=1S/C55H55BN2S/c1-31-27-43-49-44(28-31)58-50-39(47-41-30-35(55(9,10)11)22-26-45(41)59-52(47)58)17-14-18-42(50)56(49)48-38-25-21-34(54(6,7)8)29-40(38)46(37-16-13-12-15-32(37)2)51(48)57(43)36-23-19-33(20-24-36)53(3,4)5/h12-30,46-47,52H,1-11H3. The van der Waals surface area contributed by atoms with Gasteiger partial charge in [-0.25, -0.2) is 0 Å². The summed E-state index contributed by atoms with van der Waals surface area (Å²) in [7, 11) is 0. The molecule has 294 valence electrons. The second kappa shape index (κ2) is 12.3. The molecule has 3 unspecified atom stereocenters. The number of allylic oxidation sites excluding steroid dienone is 1. The Balaban J connectivity index is 1.23. The molecule has 0 fully saturated rings. The SMILES string of the molecule is Cc1cc2c3c(c1)N1c4c(cccc4C4c5cc(C(C)(C)C)ccc5SC41)B3C1=C(C(c3ccccc3C)c3cc(C(C)(C)C)ccc31)N2c1ccc(C(C)(C)C)cc1. The summed E-state index contributed by atoms with van der Waals surface area (Å²) in [4.78, 5) is 6.91. The normalized spacial score (nSPS) is 19.7. The fraction of sp³-hybridized carbons (Fsp3) is 0.309. The van der Waals surface area contributed by atoms with Gasteiger partial charge in [-0.1, -0.05) is 159 Å². The topological polar surface area (TPSA) is 6.48 Å². The lowest BCUT2D eigenvalue weighted by molar-refractivity contribution is 0.588. The van der Waals surface area contributed by atoms with E-state index in [1.807, 2.05) is 0 Å². The molecule has 0 saturated heterocycles. The molecule has 59 heavy (non-hydrogen) atoms. The molecule has 0 radical (unpaired) electrons. The fourth-order valence-corrected chi connectivity index (χ4v) is 12.6. The Morgan fingerprint density at radius 3 is 1.90 bits per heavy atom. The average Bonchev–Trinajstić information content (AvgIpc) is 3.83. The van der Waals surface area contributed by atoms with Crippen LogP contribution in [0.4, 0.5) is 22.7 Å². The lowest BCUT2D eigenvalue weighted by atomic mass is 9.32. The second-order valence-electron chi connectivity index (χ2n) is 21.1. The molecular formula is C55H55BN2S. The molecule has 0 saturated carbocycles. The van der Waals surface area contributed by atoms with E-state index in [0.717, 1.165) is 0 Å². The zero-order valence-electron chi connectivity index (χ0n) is 36.6. The minimum absolute atomic E-state index is 0.0221. The van der Waals surface area contributed by atoms with Crippen LogP contribution in [0.15, 0.2) is 126 Å². The lowest BCUT2D eigenvalue weighted by Gasteiger charge is -2.45. The molecule has 1 aliphatic carbocycles. The predicted octanol–water partition coefficient (Wildman–Crippen LogP) is 13.1. The van der Waals surface area contributed by atoms with Crippen LogP contribution in [-0.2, 0) is 16.2 Å². The minimum atomic E-state index is 0.0221. The first-order valence-corrected chi connectivity index (χ1v) is 22.6. The van der Waals surface area contributed by atoms with Crippen LogP contribution < -0.4 is 20.7 Å². The van der Waals surface area contributed by atoms with Crippen molar-refractivity contribution < 1.29 is 0 Å².